The molecule has 2 heterocycles. The van der Waals surface area contributed by atoms with Crippen molar-refractivity contribution in [2.45, 2.75) is 0 Å². The highest BCUT2D eigenvalue weighted by Crippen LogP contribution is 2.30. The molecule has 0 saturated carbocycles. The van der Waals surface area contributed by atoms with Crippen LogP contribution in [0.1, 0.15) is 5.56 Å². The van der Waals surface area contributed by atoms with Crippen molar-refractivity contribution in [2.24, 2.45) is 4.99 Å². The SMILES string of the molecule is O=C1N=C(N2CCNCC2)S/C1=C/c1cccc(O)c1. The molecule has 1 aromatic carbocycles. The Morgan fingerprint density at radius 1 is 1.35 bits per heavy atom. The van der Waals surface area contributed by atoms with Gasteiger partial charge >= 0.3 is 0 Å². The normalized spacial score (nSPS) is 21.4. The number of nitrogens with zero attached hydrogens (tertiary/aromatic N) is 2. The molecule has 0 unspecified atom stereocenters. The smallest absolute Gasteiger partial charge is 0.286 e. The number of aliphatic imine (C=N–C) groups is 1. The zero-order valence-electron chi connectivity index (χ0n) is 10.9. The lowest BCUT2D eigenvalue weighted by Gasteiger charge is -2.27. The minimum Gasteiger partial charge on any atom is -0.508 e. The monoisotopic (exact) mass is 289 g/mol. The highest BCUT2D eigenvalue weighted by Gasteiger charge is 2.26. The lowest BCUT2D eigenvalue weighted by Crippen LogP contribution is -2.45. The molecule has 2 aliphatic rings. The van der Waals surface area contributed by atoms with Crippen LogP contribution in [0.25, 0.3) is 6.08 Å². The third-order valence-corrected chi connectivity index (χ3v) is 4.21. The summed E-state index contributed by atoms with van der Waals surface area (Å²) >= 11 is 1.40. The molecule has 0 atom stereocenters. The topological polar surface area (TPSA) is 64.9 Å². The number of piperazine rings is 1. The fraction of sp³-hybridized carbons (Fsp3) is 0.286. The van der Waals surface area contributed by atoms with Crippen LogP contribution in [0.3, 0.4) is 0 Å². The molecule has 1 fully saturated rings. The molecular formula is C14H15N3O2S. The number of aromatic hydroxyl groups is 1. The number of benzene rings is 1. The van der Waals surface area contributed by atoms with Crippen molar-refractivity contribution in [1.82, 2.24) is 10.2 Å². The summed E-state index contributed by atoms with van der Waals surface area (Å²) in [6.07, 6.45) is 1.77. The number of amidine groups is 1. The zero-order valence-corrected chi connectivity index (χ0v) is 11.7. The number of nitrogens with one attached hydrogen (secondary N) is 1. The second-order valence-electron chi connectivity index (χ2n) is 4.64. The van der Waals surface area contributed by atoms with Gasteiger partial charge in [-0.1, -0.05) is 12.1 Å². The van der Waals surface area contributed by atoms with E-state index >= 15 is 0 Å². The van der Waals surface area contributed by atoms with Crippen LogP contribution >= 0.6 is 11.8 Å². The maximum Gasteiger partial charge on any atom is 0.286 e. The first-order valence-electron chi connectivity index (χ1n) is 6.50. The van der Waals surface area contributed by atoms with Crippen molar-refractivity contribution in [3.05, 3.63) is 34.7 Å². The summed E-state index contributed by atoms with van der Waals surface area (Å²) in [4.78, 5) is 18.8. The summed E-state index contributed by atoms with van der Waals surface area (Å²) in [5.74, 6) is -0.00934. The highest BCUT2D eigenvalue weighted by atomic mass is 32.2. The second kappa shape index (κ2) is 5.68. The minimum absolute atomic E-state index is 0.193. The first-order valence-corrected chi connectivity index (χ1v) is 7.31. The number of phenols is 1. The minimum atomic E-state index is -0.202. The van der Waals surface area contributed by atoms with Gasteiger partial charge in [0.15, 0.2) is 5.17 Å². The van der Waals surface area contributed by atoms with Gasteiger partial charge in [0.1, 0.15) is 5.75 Å². The Morgan fingerprint density at radius 3 is 2.90 bits per heavy atom. The highest BCUT2D eigenvalue weighted by molar-refractivity contribution is 8.18. The zero-order chi connectivity index (χ0) is 13.9. The van der Waals surface area contributed by atoms with Crippen molar-refractivity contribution in [3.63, 3.8) is 0 Å². The Balaban J connectivity index is 1.76. The van der Waals surface area contributed by atoms with E-state index in [1.165, 1.54) is 11.8 Å². The van der Waals surface area contributed by atoms with Crippen LogP contribution in [0.15, 0.2) is 34.2 Å². The molecule has 2 N–H and O–H groups in total. The van der Waals surface area contributed by atoms with Crippen LogP contribution in [0.2, 0.25) is 0 Å². The Morgan fingerprint density at radius 2 is 2.15 bits per heavy atom. The first-order chi connectivity index (χ1) is 9.72. The molecule has 0 aromatic heterocycles. The second-order valence-corrected chi connectivity index (χ2v) is 5.65. The first kappa shape index (κ1) is 13.2. The van der Waals surface area contributed by atoms with Gasteiger partial charge in [0.25, 0.3) is 5.91 Å². The number of carbonyl (C=O) groups is 1. The van der Waals surface area contributed by atoms with Gasteiger partial charge in [-0.2, -0.15) is 4.99 Å². The Labute approximate surface area is 121 Å². The third kappa shape index (κ3) is 2.86. The molecule has 3 rings (SSSR count). The number of hydrogen-bond donors (Lipinski definition) is 2. The number of hydrogen-bond acceptors (Lipinski definition) is 5. The van der Waals surface area contributed by atoms with Crippen molar-refractivity contribution in [1.29, 1.82) is 0 Å². The average Bonchev–Trinajstić information content (AvgIpc) is 2.81. The van der Waals surface area contributed by atoms with Crippen LogP contribution in [0, 0.1) is 0 Å². The molecule has 104 valence electrons. The van der Waals surface area contributed by atoms with Gasteiger partial charge < -0.3 is 15.3 Å². The summed E-state index contributed by atoms with van der Waals surface area (Å²) in [6.45, 7) is 3.58. The molecule has 20 heavy (non-hydrogen) atoms. The van der Waals surface area contributed by atoms with Crippen molar-refractivity contribution in [2.75, 3.05) is 26.2 Å². The van der Waals surface area contributed by atoms with Crippen molar-refractivity contribution < 1.29 is 9.90 Å². The number of amides is 1. The quantitative estimate of drug-likeness (QED) is 0.762. The molecular weight excluding hydrogens is 274 g/mol. The maximum absolute atomic E-state index is 11.9. The Hall–Kier alpha value is -1.79. The molecule has 0 bridgehead atoms. The molecule has 2 aliphatic heterocycles. The number of thioether (sulfide) groups is 1. The van der Waals surface area contributed by atoms with E-state index in [9.17, 15) is 9.90 Å². The molecule has 1 saturated heterocycles. The van der Waals surface area contributed by atoms with E-state index in [0.29, 0.717) is 4.91 Å². The number of carbonyl (C=O) groups excluding carboxylic acids is 1. The van der Waals surface area contributed by atoms with E-state index in [1.54, 1.807) is 24.3 Å². The van der Waals surface area contributed by atoms with E-state index in [2.05, 4.69) is 15.2 Å². The maximum atomic E-state index is 11.9. The Bertz CT molecular complexity index is 592. The lowest BCUT2D eigenvalue weighted by atomic mass is 10.2. The van der Waals surface area contributed by atoms with Crippen LogP contribution in [0.4, 0.5) is 0 Å². The lowest BCUT2D eigenvalue weighted by molar-refractivity contribution is -0.113. The molecule has 5 nitrogen and oxygen atoms in total. The molecule has 0 aliphatic carbocycles. The predicted octanol–water partition coefficient (Wildman–Crippen LogP) is 1.27. The van der Waals surface area contributed by atoms with Crippen LogP contribution in [0.5, 0.6) is 5.75 Å². The summed E-state index contributed by atoms with van der Waals surface area (Å²) in [5.41, 5.74) is 0.803. The molecule has 0 radical (unpaired) electrons. The fourth-order valence-electron chi connectivity index (χ4n) is 2.16. The van der Waals surface area contributed by atoms with E-state index in [-0.39, 0.29) is 11.7 Å². The van der Waals surface area contributed by atoms with E-state index < -0.39 is 0 Å². The number of rotatable bonds is 1. The Kier molecular flexibility index (Phi) is 3.75. The summed E-state index contributed by atoms with van der Waals surface area (Å²) in [6, 6.07) is 6.84. The van der Waals surface area contributed by atoms with E-state index in [4.69, 9.17) is 0 Å². The van der Waals surface area contributed by atoms with Gasteiger partial charge in [-0.25, -0.2) is 0 Å². The van der Waals surface area contributed by atoms with Gasteiger partial charge in [-0.3, -0.25) is 4.79 Å². The standard InChI is InChI=1S/C14H15N3O2S/c18-11-3-1-2-10(8-11)9-12-13(19)16-14(20-12)17-6-4-15-5-7-17/h1-3,8-9,15,18H,4-7H2/b12-9+. The summed E-state index contributed by atoms with van der Waals surface area (Å²) in [7, 11) is 0. The van der Waals surface area contributed by atoms with Crippen LogP contribution in [-0.4, -0.2) is 47.3 Å². The summed E-state index contributed by atoms with van der Waals surface area (Å²) < 4.78 is 0. The van der Waals surface area contributed by atoms with Crippen molar-refractivity contribution >= 4 is 28.9 Å². The van der Waals surface area contributed by atoms with Gasteiger partial charge in [-0.05, 0) is 35.5 Å². The molecule has 1 aromatic rings. The molecule has 6 heteroatoms. The molecule has 0 spiro atoms. The summed E-state index contributed by atoms with van der Waals surface area (Å²) in [5, 5.41) is 13.5. The predicted molar refractivity (Wildman–Crippen MR) is 80.6 cm³/mol. The van der Waals surface area contributed by atoms with Crippen LogP contribution in [-0.2, 0) is 4.79 Å². The molecule has 1 amide bonds. The number of phenolic OH excluding ortho intramolecular Hbond substituents is 1. The third-order valence-electron chi connectivity index (χ3n) is 3.16. The fourth-order valence-corrected chi connectivity index (χ4v) is 3.12. The van der Waals surface area contributed by atoms with Crippen LogP contribution < -0.4 is 5.32 Å². The average molecular weight is 289 g/mol. The van der Waals surface area contributed by atoms with Gasteiger partial charge in [0, 0.05) is 26.2 Å². The largest absolute Gasteiger partial charge is 0.508 e. The van der Waals surface area contributed by atoms with Gasteiger partial charge in [-0.15, -0.1) is 0 Å². The van der Waals surface area contributed by atoms with Gasteiger partial charge in [0.2, 0.25) is 0 Å². The van der Waals surface area contributed by atoms with E-state index in [0.717, 1.165) is 36.9 Å². The van der Waals surface area contributed by atoms with Crippen molar-refractivity contribution in [3.8, 4) is 5.75 Å². The van der Waals surface area contributed by atoms with E-state index in [1.807, 2.05) is 6.07 Å². The van der Waals surface area contributed by atoms with Gasteiger partial charge in [0.05, 0.1) is 4.91 Å².